The molecule has 2 heterocycles. The average Bonchev–Trinajstić information content (AvgIpc) is 3.08. The molecule has 4 rings (SSSR count). The van der Waals surface area contributed by atoms with E-state index in [1.54, 1.807) is 6.92 Å². The lowest BCUT2D eigenvalue weighted by Crippen LogP contribution is -2.58. The third kappa shape index (κ3) is 4.16. The van der Waals surface area contributed by atoms with Crippen LogP contribution in [-0.2, 0) is 22.7 Å². The van der Waals surface area contributed by atoms with E-state index in [-0.39, 0.29) is 12.1 Å². The van der Waals surface area contributed by atoms with E-state index in [2.05, 4.69) is 6.92 Å². The summed E-state index contributed by atoms with van der Waals surface area (Å²) in [4.78, 5) is 1.96. The van der Waals surface area contributed by atoms with Crippen molar-refractivity contribution in [3.05, 3.63) is 71.8 Å². The third-order valence-electron chi connectivity index (χ3n) is 6.66. The molecule has 0 aliphatic carbocycles. The molecule has 2 fully saturated rings. The fourth-order valence-corrected chi connectivity index (χ4v) is 4.95. The van der Waals surface area contributed by atoms with E-state index >= 15 is 8.78 Å². The van der Waals surface area contributed by atoms with Crippen molar-refractivity contribution in [3.8, 4) is 0 Å². The van der Waals surface area contributed by atoms with Gasteiger partial charge in [0.15, 0.2) is 0 Å². The summed E-state index contributed by atoms with van der Waals surface area (Å²) in [6, 6.07) is 18.6. The lowest BCUT2D eigenvalue weighted by molar-refractivity contribution is -0.177. The maximum absolute atomic E-state index is 15.4. The first-order valence-electron chi connectivity index (χ1n) is 11.0. The molecule has 30 heavy (non-hydrogen) atoms. The van der Waals surface area contributed by atoms with Crippen LogP contribution >= 0.6 is 0 Å². The summed E-state index contributed by atoms with van der Waals surface area (Å²) >= 11 is 0. The van der Waals surface area contributed by atoms with Crippen LogP contribution in [0, 0.1) is 5.92 Å². The van der Waals surface area contributed by atoms with Crippen LogP contribution < -0.4 is 0 Å². The molecule has 0 unspecified atom stereocenters. The van der Waals surface area contributed by atoms with E-state index in [1.807, 2.05) is 65.6 Å². The standard InChI is InChI=1S/C25H31F2NO2/c1-3-21-22(29-16-19-10-6-4-7-11-19)23(30-17-20-12-8-5-9-13-20)24-25(26,27)18(2)14-15-28(21)24/h4-13,18,21-24H,3,14-17H2,1-2H3/t18-,21+,22-,23+,24+/m0/s1. The molecule has 0 spiro atoms. The highest BCUT2D eigenvalue weighted by Crippen LogP contribution is 2.47. The SMILES string of the molecule is CC[C@@H]1[C@H](OCc2ccccc2)[C@@H](OCc2ccccc2)[C@H]2N1CC[C@H](C)C2(F)F. The van der Waals surface area contributed by atoms with Gasteiger partial charge < -0.3 is 9.47 Å². The summed E-state index contributed by atoms with van der Waals surface area (Å²) in [5, 5.41) is 0. The normalized spacial score (nSPS) is 30.9. The van der Waals surface area contributed by atoms with E-state index < -0.39 is 24.0 Å². The van der Waals surface area contributed by atoms with Gasteiger partial charge in [0.25, 0.3) is 5.92 Å². The quantitative estimate of drug-likeness (QED) is 0.613. The van der Waals surface area contributed by atoms with Crippen LogP contribution in [0.2, 0.25) is 0 Å². The number of benzene rings is 2. The first-order valence-corrected chi connectivity index (χ1v) is 11.0. The van der Waals surface area contributed by atoms with Crippen LogP contribution in [0.5, 0.6) is 0 Å². The van der Waals surface area contributed by atoms with Gasteiger partial charge >= 0.3 is 0 Å². The summed E-state index contributed by atoms with van der Waals surface area (Å²) in [5.41, 5.74) is 2.03. The predicted octanol–water partition coefficient (Wildman–Crippen LogP) is 5.30. The fourth-order valence-electron chi connectivity index (χ4n) is 4.95. The van der Waals surface area contributed by atoms with Crippen LogP contribution in [0.1, 0.15) is 37.8 Å². The molecule has 0 bridgehead atoms. The lowest BCUT2D eigenvalue weighted by atomic mass is 9.87. The molecule has 2 aliphatic rings. The summed E-state index contributed by atoms with van der Waals surface area (Å²) in [6.45, 7) is 5.08. The van der Waals surface area contributed by atoms with E-state index in [0.29, 0.717) is 26.2 Å². The molecule has 5 heteroatoms. The van der Waals surface area contributed by atoms with Gasteiger partial charge in [-0.15, -0.1) is 0 Å². The van der Waals surface area contributed by atoms with Crippen molar-refractivity contribution in [2.24, 2.45) is 5.92 Å². The van der Waals surface area contributed by atoms with Crippen molar-refractivity contribution in [2.45, 2.75) is 70.1 Å². The second kappa shape index (κ2) is 9.13. The highest BCUT2D eigenvalue weighted by atomic mass is 19.3. The Morgan fingerprint density at radius 1 is 0.900 bits per heavy atom. The lowest BCUT2D eigenvalue weighted by Gasteiger charge is -2.43. The average molecular weight is 416 g/mol. The van der Waals surface area contributed by atoms with Crippen LogP contribution in [0.4, 0.5) is 8.78 Å². The highest BCUT2D eigenvalue weighted by Gasteiger charge is 2.63. The largest absolute Gasteiger partial charge is 0.369 e. The Morgan fingerprint density at radius 3 is 1.97 bits per heavy atom. The Bertz CT molecular complexity index is 801. The van der Waals surface area contributed by atoms with Crippen molar-refractivity contribution < 1.29 is 18.3 Å². The number of piperidine rings is 1. The van der Waals surface area contributed by atoms with Crippen LogP contribution in [0.25, 0.3) is 0 Å². The summed E-state index contributed by atoms with van der Waals surface area (Å²) in [6.07, 6.45) is 0.194. The van der Waals surface area contributed by atoms with E-state index in [1.165, 1.54) is 0 Å². The smallest absolute Gasteiger partial charge is 0.268 e. The van der Waals surface area contributed by atoms with Gasteiger partial charge in [-0.1, -0.05) is 74.5 Å². The fraction of sp³-hybridized carbons (Fsp3) is 0.520. The minimum absolute atomic E-state index is 0.0714. The first kappa shape index (κ1) is 21.4. The third-order valence-corrected chi connectivity index (χ3v) is 6.66. The first-order chi connectivity index (χ1) is 14.5. The van der Waals surface area contributed by atoms with Gasteiger partial charge in [-0.2, -0.15) is 0 Å². The number of ether oxygens (including phenoxy) is 2. The highest BCUT2D eigenvalue weighted by molar-refractivity contribution is 5.16. The monoisotopic (exact) mass is 415 g/mol. The Labute approximate surface area is 178 Å². The van der Waals surface area contributed by atoms with Gasteiger partial charge in [-0.05, 0) is 30.5 Å². The summed E-state index contributed by atoms with van der Waals surface area (Å²) in [5.74, 6) is -3.47. The molecule has 0 radical (unpaired) electrons. The number of halogens is 2. The number of alkyl halides is 2. The zero-order valence-corrected chi connectivity index (χ0v) is 17.7. The summed E-state index contributed by atoms with van der Waals surface area (Å²) < 4.78 is 43.3. The van der Waals surface area contributed by atoms with Crippen molar-refractivity contribution in [1.82, 2.24) is 4.90 Å². The van der Waals surface area contributed by atoms with Crippen LogP contribution in [0.15, 0.2) is 60.7 Å². The number of hydrogen-bond acceptors (Lipinski definition) is 3. The molecule has 2 aromatic rings. The zero-order chi connectivity index (χ0) is 21.1. The predicted molar refractivity (Wildman–Crippen MR) is 113 cm³/mol. The maximum atomic E-state index is 15.4. The topological polar surface area (TPSA) is 21.7 Å². The minimum atomic E-state index is -2.81. The molecule has 162 valence electrons. The molecule has 0 saturated carbocycles. The van der Waals surface area contributed by atoms with E-state index in [0.717, 1.165) is 17.5 Å². The van der Waals surface area contributed by atoms with Crippen molar-refractivity contribution in [3.63, 3.8) is 0 Å². The Kier molecular flexibility index (Phi) is 6.51. The zero-order valence-electron chi connectivity index (χ0n) is 17.7. The number of rotatable bonds is 7. The van der Waals surface area contributed by atoms with Gasteiger partial charge in [0, 0.05) is 12.0 Å². The van der Waals surface area contributed by atoms with Crippen molar-refractivity contribution in [1.29, 1.82) is 0 Å². The summed E-state index contributed by atoms with van der Waals surface area (Å²) in [7, 11) is 0. The molecule has 2 saturated heterocycles. The molecular weight excluding hydrogens is 384 g/mol. The minimum Gasteiger partial charge on any atom is -0.369 e. The number of nitrogens with zero attached hydrogens (tertiary/aromatic N) is 1. The molecule has 3 nitrogen and oxygen atoms in total. The Balaban J connectivity index is 1.59. The van der Waals surface area contributed by atoms with Gasteiger partial charge in [0.2, 0.25) is 0 Å². The molecule has 0 amide bonds. The van der Waals surface area contributed by atoms with Gasteiger partial charge in [0.05, 0.1) is 13.2 Å². The molecule has 5 atom stereocenters. The van der Waals surface area contributed by atoms with Gasteiger partial charge in [0.1, 0.15) is 18.2 Å². The van der Waals surface area contributed by atoms with E-state index in [4.69, 9.17) is 9.47 Å². The molecule has 0 N–H and O–H groups in total. The van der Waals surface area contributed by atoms with Gasteiger partial charge in [-0.3, -0.25) is 4.90 Å². The second-order valence-corrected chi connectivity index (χ2v) is 8.54. The number of hydrogen-bond donors (Lipinski definition) is 0. The Morgan fingerprint density at radius 2 is 1.43 bits per heavy atom. The molecular formula is C25H31F2NO2. The Hall–Kier alpha value is -1.82. The van der Waals surface area contributed by atoms with Crippen LogP contribution in [0.3, 0.4) is 0 Å². The number of fused-ring (bicyclic) bond motifs is 1. The molecule has 0 aromatic heterocycles. The van der Waals surface area contributed by atoms with Crippen molar-refractivity contribution >= 4 is 0 Å². The second-order valence-electron chi connectivity index (χ2n) is 8.54. The maximum Gasteiger partial charge on any atom is 0.268 e. The van der Waals surface area contributed by atoms with E-state index in [9.17, 15) is 0 Å². The van der Waals surface area contributed by atoms with Crippen molar-refractivity contribution in [2.75, 3.05) is 6.54 Å². The molecule has 2 aromatic carbocycles. The molecule has 2 aliphatic heterocycles. The van der Waals surface area contributed by atoms with Gasteiger partial charge in [-0.25, -0.2) is 8.78 Å². The van der Waals surface area contributed by atoms with Crippen LogP contribution in [-0.4, -0.2) is 41.7 Å².